The molecule has 4 rings (SSSR count). The third-order valence-electron chi connectivity index (χ3n) is 5.13. The molecular weight excluding hydrogens is 472 g/mol. The second kappa shape index (κ2) is 10.7. The van der Waals surface area contributed by atoms with E-state index in [4.69, 9.17) is 16.3 Å². The number of anilines is 1. The lowest BCUT2D eigenvalue weighted by Gasteiger charge is -2.18. The Morgan fingerprint density at radius 3 is 2.68 bits per heavy atom. The quantitative estimate of drug-likeness (QED) is 0.284. The molecule has 3 N–H and O–H groups in total. The number of nitrogens with one attached hydrogen (secondary N) is 3. The molecule has 4 aromatic rings. The number of H-pyrrole nitrogens is 1. The molecule has 176 valence electrons. The van der Waals surface area contributed by atoms with Gasteiger partial charge in [-0.2, -0.15) is 0 Å². The number of carbonyl (C=O) groups excluding carboxylic acids is 2. The summed E-state index contributed by atoms with van der Waals surface area (Å²) in [6.07, 6.45) is 1.52. The molecule has 2 aromatic heterocycles. The summed E-state index contributed by atoms with van der Waals surface area (Å²) in [7, 11) is 0. The lowest BCUT2D eigenvalue weighted by atomic mass is 10.0. The Kier molecular flexibility index (Phi) is 7.49. The molecule has 2 amide bonds. The first-order valence-electron chi connectivity index (χ1n) is 10.9. The molecular formula is C25H25ClN4O3S. The Bertz CT molecular complexity index is 1280. The van der Waals surface area contributed by atoms with Crippen LogP contribution in [0.15, 0.2) is 60.1 Å². The molecule has 0 fully saturated rings. The van der Waals surface area contributed by atoms with Crippen molar-refractivity contribution < 1.29 is 14.3 Å². The van der Waals surface area contributed by atoms with Crippen LogP contribution in [0.4, 0.5) is 9.93 Å². The Morgan fingerprint density at radius 1 is 1.15 bits per heavy atom. The van der Waals surface area contributed by atoms with Crippen molar-refractivity contribution in [1.29, 1.82) is 0 Å². The number of aromatic amines is 1. The minimum Gasteiger partial charge on any atom is -0.449 e. The van der Waals surface area contributed by atoms with Gasteiger partial charge in [0.05, 0.1) is 12.3 Å². The van der Waals surface area contributed by atoms with Crippen molar-refractivity contribution in [2.75, 3.05) is 11.9 Å². The zero-order valence-electron chi connectivity index (χ0n) is 18.8. The van der Waals surface area contributed by atoms with Crippen LogP contribution in [0.2, 0.25) is 5.02 Å². The molecule has 0 radical (unpaired) electrons. The van der Waals surface area contributed by atoms with Gasteiger partial charge in [0.2, 0.25) is 5.91 Å². The number of alkyl carbamates (subject to hydrolysis) is 1. The van der Waals surface area contributed by atoms with Crippen molar-refractivity contribution in [3.8, 4) is 11.3 Å². The number of para-hydroxylation sites is 1. The molecule has 0 bridgehead atoms. The smallest absolute Gasteiger partial charge is 0.407 e. The second-order valence-corrected chi connectivity index (χ2v) is 9.58. The van der Waals surface area contributed by atoms with Gasteiger partial charge in [-0.25, -0.2) is 9.78 Å². The molecule has 7 nitrogen and oxygen atoms in total. The minimum absolute atomic E-state index is 0.188. The van der Waals surface area contributed by atoms with Crippen LogP contribution in [0.5, 0.6) is 0 Å². The summed E-state index contributed by atoms with van der Waals surface area (Å²) < 4.78 is 5.25. The molecule has 2 aromatic carbocycles. The Balaban J connectivity index is 1.51. The number of halogens is 1. The summed E-state index contributed by atoms with van der Waals surface area (Å²) in [5.74, 6) is -0.183. The highest BCUT2D eigenvalue weighted by Gasteiger charge is 2.24. The normalized spacial score (nSPS) is 12.0. The van der Waals surface area contributed by atoms with Crippen molar-refractivity contribution >= 4 is 51.0 Å². The van der Waals surface area contributed by atoms with E-state index in [2.05, 4.69) is 20.6 Å². The average Bonchev–Trinajstić information content (AvgIpc) is 3.45. The average molecular weight is 497 g/mol. The highest BCUT2D eigenvalue weighted by atomic mass is 35.5. The first-order valence-corrected chi connectivity index (χ1v) is 12.2. The Hall–Kier alpha value is -3.36. The summed E-state index contributed by atoms with van der Waals surface area (Å²) in [5, 5.41) is 9.49. The topological polar surface area (TPSA) is 96.1 Å². The third kappa shape index (κ3) is 5.95. The molecule has 0 aliphatic rings. The van der Waals surface area contributed by atoms with E-state index in [0.717, 1.165) is 27.7 Å². The van der Waals surface area contributed by atoms with E-state index >= 15 is 0 Å². The van der Waals surface area contributed by atoms with Gasteiger partial charge in [-0.1, -0.05) is 55.8 Å². The lowest BCUT2D eigenvalue weighted by molar-refractivity contribution is -0.118. The summed E-state index contributed by atoms with van der Waals surface area (Å²) in [4.78, 5) is 33.3. The maximum absolute atomic E-state index is 13.2. The predicted octanol–water partition coefficient (Wildman–Crippen LogP) is 5.88. The number of fused-ring (bicyclic) bond motifs is 1. The molecule has 0 spiro atoms. The lowest BCUT2D eigenvalue weighted by Crippen LogP contribution is -2.45. The number of hydrogen-bond donors (Lipinski definition) is 3. The van der Waals surface area contributed by atoms with Gasteiger partial charge in [0.15, 0.2) is 5.13 Å². The predicted molar refractivity (Wildman–Crippen MR) is 136 cm³/mol. The molecule has 0 aliphatic carbocycles. The molecule has 34 heavy (non-hydrogen) atoms. The van der Waals surface area contributed by atoms with Crippen molar-refractivity contribution in [3.63, 3.8) is 0 Å². The van der Waals surface area contributed by atoms with Crippen molar-refractivity contribution in [1.82, 2.24) is 15.3 Å². The van der Waals surface area contributed by atoms with Gasteiger partial charge in [0, 0.05) is 39.5 Å². The van der Waals surface area contributed by atoms with E-state index in [1.165, 1.54) is 11.3 Å². The Labute approximate surface area is 206 Å². The van der Waals surface area contributed by atoms with Crippen LogP contribution in [0.1, 0.15) is 19.4 Å². The SMILES string of the molecule is CC(C)COC(=O)N[C@@H](Cc1c[nH]c2ccccc12)C(=O)Nc1nc(-c2ccc(Cl)cc2)cs1. The molecule has 0 saturated heterocycles. The number of nitrogens with zero attached hydrogens (tertiary/aromatic N) is 1. The molecule has 0 unspecified atom stereocenters. The maximum atomic E-state index is 13.2. The molecule has 1 atom stereocenters. The zero-order chi connectivity index (χ0) is 24.1. The van der Waals surface area contributed by atoms with E-state index in [9.17, 15) is 9.59 Å². The van der Waals surface area contributed by atoms with Crippen molar-refractivity contribution in [3.05, 3.63) is 70.7 Å². The number of rotatable bonds is 8. The summed E-state index contributed by atoms with van der Waals surface area (Å²) >= 11 is 7.27. The van der Waals surface area contributed by atoms with Gasteiger partial charge in [-0.3, -0.25) is 4.79 Å². The fourth-order valence-corrected chi connectivity index (χ4v) is 4.28. The highest BCUT2D eigenvalue weighted by Crippen LogP contribution is 2.26. The first-order chi connectivity index (χ1) is 16.4. The number of hydrogen-bond acceptors (Lipinski definition) is 5. The fourth-order valence-electron chi connectivity index (χ4n) is 3.43. The summed E-state index contributed by atoms with van der Waals surface area (Å²) in [5.41, 5.74) is 3.51. The van der Waals surface area contributed by atoms with Crippen LogP contribution >= 0.6 is 22.9 Å². The van der Waals surface area contributed by atoms with Crippen LogP contribution < -0.4 is 10.6 Å². The number of benzene rings is 2. The monoisotopic (exact) mass is 496 g/mol. The van der Waals surface area contributed by atoms with Crippen LogP contribution in [0.25, 0.3) is 22.2 Å². The van der Waals surface area contributed by atoms with Crippen molar-refractivity contribution in [2.24, 2.45) is 5.92 Å². The molecule has 0 saturated carbocycles. The number of thiazole rings is 1. The second-order valence-electron chi connectivity index (χ2n) is 8.29. The summed E-state index contributed by atoms with van der Waals surface area (Å²) in [6, 6.07) is 14.3. The van der Waals surface area contributed by atoms with E-state index < -0.39 is 12.1 Å². The first kappa shape index (κ1) is 23.8. The zero-order valence-corrected chi connectivity index (χ0v) is 20.4. The van der Waals surface area contributed by atoms with Gasteiger partial charge in [-0.15, -0.1) is 11.3 Å². The fraction of sp³-hybridized carbons (Fsp3) is 0.240. The van der Waals surface area contributed by atoms with Crippen LogP contribution in [-0.4, -0.2) is 34.6 Å². The maximum Gasteiger partial charge on any atom is 0.407 e. The van der Waals surface area contributed by atoms with Crippen LogP contribution in [0.3, 0.4) is 0 Å². The minimum atomic E-state index is -0.846. The van der Waals surface area contributed by atoms with E-state index in [0.29, 0.717) is 16.6 Å². The Morgan fingerprint density at radius 2 is 1.91 bits per heavy atom. The van der Waals surface area contributed by atoms with Gasteiger partial charge < -0.3 is 20.4 Å². The van der Waals surface area contributed by atoms with Crippen LogP contribution in [-0.2, 0) is 16.0 Å². The standard InChI is InChI=1S/C25H25ClN4O3S/c1-15(2)13-33-25(32)29-21(11-17-12-27-20-6-4-3-5-19(17)20)23(31)30-24-28-22(14-34-24)16-7-9-18(26)10-8-16/h3-10,12,14-15,21,27H,11,13H2,1-2H3,(H,29,32)(H,28,30,31)/t21-/m0/s1. The van der Waals surface area contributed by atoms with Crippen LogP contribution in [0, 0.1) is 5.92 Å². The highest BCUT2D eigenvalue weighted by molar-refractivity contribution is 7.14. The molecule has 9 heteroatoms. The third-order valence-corrected chi connectivity index (χ3v) is 6.14. The van der Waals surface area contributed by atoms with Gasteiger partial charge in [0.25, 0.3) is 0 Å². The van der Waals surface area contributed by atoms with Gasteiger partial charge in [-0.05, 0) is 29.7 Å². The van der Waals surface area contributed by atoms with E-state index in [-0.39, 0.29) is 18.4 Å². The number of carbonyl (C=O) groups is 2. The largest absolute Gasteiger partial charge is 0.449 e. The van der Waals surface area contributed by atoms with Crippen molar-refractivity contribution in [2.45, 2.75) is 26.3 Å². The van der Waals surface area contributed by atoms with E-state index in [1.54, 1.807) is 12.1 Å². The molecule has 2 heterocycles. The number of ether oxygens (including phenoxy) is 1. The number of amides is 2. The van der Waals surface area contributed by atoms with Gasteiger partial charge in [0.1, 0.15) is 6.04 Å². The number of aromatic nitrogens is 2. The molecule has 0 aliphatic heterocycles. The van der Waals surface area contributed by atoms with E-state index in [1.807, 2.05) is 61.8 Å². The van der Waals surface area contributed by atoms with Gasteiger partial charge >= 0.3 is 6.09 Å². The summed E-state index contributed by atoms with van der Waals surface area (Å²) in [6.45, 7) is 4.17.